The summed E-state index contributed by atoms with van der Waals surface area (Å²) in [5.74, 6) is -0.109. The molecule has 0 radical (unpaired) electrons. The quantitative estimate of drug-likeness (QED) is 0.883. The van der Waals surface area contributed by atoms with Gasteiger partial charge in [0.1, 0.15) is 5.82 Å². The van der Waals surface area contributed by atoms with Gasteiger partial charge in [0.15, 0.2) is 0 Å². The minimum atomic E-state index is -0.426. The van der Waals surface area contributed by atoms with E-state index in [9.17, 15) is 9.18 Å². The first kappa shape index (κ1) is 17.6. The maximum absolute atomic E-state index is 13.7. The summed E-state index contributed by atoms with van der Waals surface area (Å²) in [5, 5.41) is 3.24. The van der Waals surface area contributed by atoms with Crippen molar-refractivity contribution in [3.05, 3.63) is 34.6 Å². The van der Waals surface area contributed by atoms with Crippen molar-refractivity contribution in [3.63, 3.8) is 0 Å². The molecule has 1 atom stereocenters. The third-order valence-corrected chi connectivity index (χ3v) is 5.41. The van der Waals surface area contributed by atoms with Crippen LogP contribution in [0.4, 0.5) is 4.39 Å². The van der Waals surface area contributed by atoms with Crippen molar-refractivity contribution in [2.75, 3.05) is 32.8 Å². The molecular weight excluding hydrogens is 331 g/mol. The molecule has 6 heteroatoms. The van der Waals surface area contributed by atoms with E-state index in [2.05, 4.69) is 10.2 Å². The molecule has 0 aromatic heterocycles. The number of rotatable bonds is 5. The summed E-state index contributed by atoms with van der Waals surface area (Å²) in [7, 11) is 0. The van der Waals surface area contributed by atoms with Crippen LogP contribution in [0.1, 0.15) is 24.8 Å². The molecule has 0 saturated carbocycles. The fourth-order valence-corrected chi connectivity index (χ4v) is 3.74. The summed E-state index contributed by atoms with van der Waals surface area (Å²) in [5.41, 5.74) is 0.271. The van der Waals surface area contributed by atoms with Crippen LogP contribution in [0.3, 0.4) is 0 Å². The van der Waals surface area contributed by atoms with E-state index in [1.165, 1.54) is 6.07 Å². The first-order valence-corrected chi connectivity index (χ1v) is 9.02. The molecule has 1 aromatic carbocycles. The van der Waals surface area contributed by atoms with Crippen molar-refractivity contribution in [1.29, 1.82) is 0 Å². The van der Waals surface area contributed by atoms with Gasteiger partial charge in [-0.25, -0.2) is 4.39 Å². The summed E-state index contributed by atoms with van der Waals surface area (Å²) < 4.78 is 19.2. The fourth-order valence-electron chi connectivity index (χ4n) is 3.51. The summed E-state index contributed by atoms with van der Waals surface area (Å²) in [4.78, 5) is 14.6. The molecule has 2 aliphatic heterocycles. The summed E-state index contributed by atoms with van der Waals surface area (Å²) >= 11 is 5.96. The fraction of sp³-hybridized carbons (Fsp3) is 0.611. The Morgan fingerprint density at radius 2 is 2.12 bits per heavy atom. The lowest BCUT2D eigenvalue weighted by Crippen LogP contribution is -2.44. The van der Waals surface area contributed by atoms with E-state index in [0.29, 0.717) is 23.5 Å². The topological polar surface area (TPSA) is 41.6 Å². The smallest absolute Gasteiger partial charge is 0.224 e. The molecule has 1 amide bonds. The van der Waals surface area contributed by atoms with Crippen LogP contribution in [0, 0.1) is 11.7 Å². The first-order chi connectivity index (χ1) is 11.6. The third-order valence-electron chi connectivity index (χ3n) is 5.06. The van der Waals surface area contributed by atoms with Crippen molar-refractivity contribution < 1.29 is 13.9 Å². The second kappa shape index (κ2) is 8.28. The van der Waals surface area contributed by atoms with Gasteiger partial charge in [-0.2, -0.15) is 0 Å². The maximum Gasteiger partial charge on any atom is 0.224 e. The predicted octanol–water partition coefficient (Wildman–Crippen LogP) is 2.64. The standard InChI is InChI=1S/C18H24ClFN2O2/c19-16-2-1-3-17(20)15(16)10-18(23)21-11-13-4-7-22(8-5-13)14-6-9-24-12-14/h1-3,13-14H,4-12H2,(H,21,23). The van der Waals surface area contributed by atoms with Gasteiger partial charge in [-0.3, -0.25) is 9.69 Å². The number of hydrogen-bond donors (Lipinski definition) is 1. The van der Waals surface area contributed by atoms with Crippen LogP contribution in [0.5, 0.6) is 0 Å². The lowest BCUT2D eigenvalue weighted by atomic mass is 9.95. The first-order valence-electron chi connectivity index (χ1n) is 8.65. The zero-order valence-corrected chi connectivity index (χ0v) is 14.5. The molecule has 132 valence electrons. The van der Waals surface area contributed by atoms with E-state index in [1.54, 1.807) is 12.1 Å². The molecule has 1 aromatic rings. The van der Waals surface area contributed by atoms with Gasteiger partial charge < -0.3 is 10.1 Å². The number of halogens is 2. The number of hydrogen-bond acceptors (Lipinski definition) is 3. The SMILES string of the molecule is O=C(Cc1c(F)cccc1Cl)NCC1CCN(C2CCOC2)CC1. The molecule has 3 rings (SSSR count). The van der Waals surface area contributed by atoms with Gasteiger partial charge in [0.25, 0.3) is 0 Å². The molecular formula is C18H24ClFN2O2. The van der Waals surface area contributed by atoms with Crippen LogP contribution in [0.15, 0.2) is 18.2 Å². The van der Waals surface area contributed by atoms with Gasteiger partial charge in [-0.1, -0.05) is 17.7 Å². The van der Waals surface area contributed by atoms with Crippen molar-refractivity contribution in [3.8, 4) is 0 Å². The van der Waals surface area contributed by atoms with E-state index in [1.807, 2.05) is 0 Å². The molecule has 2 aliphatic rings. The number of ether oxygens (including phenoxy) is 1. The Labute approximate surface area is 147 Å². The van der Waals surface area contributed by atoms with Crippen molar-refractivity contribution in [2.24, 2.45) is 5.92 Å². The van der Waals surface area contributed by atoms with E-state index in [0.717, 1.165) is 45.6 Å². The Kier molecular flexibility index (Phi) is 6.09. The van der Waals surface area contributed by atoms with Gasteiger partial charge in [0.2, 0.25) is 5.91 Å². The zero-order chi connectivity index (χ0) is 16.9. The van der Waals surface area contributed by atoms with Gasteiger partial charge >= 0.3 is 0 Å². The number of carbonyl (C=O) groups is 1. The number of piperidine rings is 1. The maximum atomic E-state index is 13.7. The number of likely N-dealkylation sites (tertiary alicyclic amines) is 1. The Hall–Kier alpha value is -1.17. The number of amides is 1. The minimum Gasteiger partial charge on any atom is -0.380 e. The number of nitrogens with one attached hydrogen (secondary N) is 1. The van der Waals surface area contributed by atoms with Crippen molar-refractivity contribution >= 4 is 17.5 Å². The van der Waals surface area contributed by atoms with Crippen molar-refractivity contribution in [1.82, 2.24) is 10.2 Å². The minimum absolute atomic E-state index is 0.0102. The van der Waals surface area contributed by atoms with Crippen LogP contribution < -0.4 is 5.32 Å². The molecule has 24 heavy (non-hydrogen) atoms. The third kappa shape index (κ3) is 4.47. The number of benzene rings is 1. The highest BCUT2D eigenvalue weighted by atomic mass is 35.5. The summed E-state index contributed by atoms with van der Waals surface area (Å²) in [6.07, 6.45) is 3.28. The Morgan fingerprint density at radius 3 is 2.79 bits per heavy atom. The lowest BCUT2D eigenvalue weighted by molar-refractivity contribution is -0.120. The molecule has 2 heterocycles. The predicted molar refractivity (Wildman–Crippen MR) is 91.6 cm³/mol. The average Bonchev–Trinajstić information content (AvgIpc) is 3.11. The number of nitrogens with zero attached hydrogens (tertiary/aromatic N) is 1. The van der Waals surface area contributed by atoms with E-state index in [4.69, 9.17) is 16.3 Å². The van der Waals surface area contributed by atoms with E-state index >= 15 is 0 Å². The van der Waals surface area contributed by atoms with Gasteiger partial charge in [-0.05, 0) is 50.4 Å². The van der Waals surface area contributed by atoms with E-state index < -0.39 is 5.82 Å². The molecule has 1 N–H and O–H groups in total. The van der Waals surface area contributed by atoms with E-state index in [-0.39, 0.29) is 17.9 Å². The van der Waals surface area contributed by atoms with Crippen LogP contribution in [0.2, 0.25) is 5.02 Å². The van der Waals surface area contributed by atoms with Crippen LogP contribution in [0.25, 0.3) is 0 Å². The molecule has 0 spiro atoms. The summed E-state index contributed by atoms with van der Waals surface area (Å²) in [6, 6.07) is 5.05. The van der Waals surface area contributed by atoms with Gasteiger partial charge in [0, 0.05) is 29.8 Å². The molecule has 1 unspecified atom stereocenters. The molecule has 2 saturated heterocycles. The normalized spacial score (nSPS) is 22.7. The van der Waals surface area contributed by atoms with Crippen LogP contribution >= 0.6 is 11.6 Å². The Balaban J connectivity index is 1.41. The molecule has 4 nitrogen and oxygen atoms in total. The molecule has 0 aliphatic carbocycles. The van der Waals surface area contributed by atoms with Crippen LogP contribution in [-0.4, -0.2) is 49.7 Å². The molecule has 2 fully saturated rings. The van der Waals surface area contributed by atoms with Gasteiger partial charge in [-0.15, -0.1) is 0 Å². The van der Waals surface area contributed by atoms with Gasteiger partial charge in [0.05, 0.1) is 13.0 Å². The average molecular weight is 355 g/mol. The lowest BCUT2D eigenvalue weighted by Gasteiger charge is -2.35. The largest absolute Gasteiger partial charge is 0.380 e. The highest BCUT2D eigenvalue weighted by Gasteiger charge is 2.27. The zero-order valence-electron chi connectivity index (χ0n) is 13.8. The monoisotopic (exact) mass is 354 g/mol. The highest BCUT2D eigenvalue weighted by Crippen LogP contribution is 2.22. The number of carbonyl (C=O) groups excluding carboxylic acids is 1. The second-order valence-electron chi connectivity index (χ2n) is 6.68. The van der Waals surface area contributed by atoms with Crippen molar-refractivity contribution in [2.45, 2.75) is 31.7 Å². The Bertz CT molecular complexity index is 550. The van der Waals surface area contributed by atoms with Crippen LogP contribution in [-0.2, 0) is 16.0 Å². The Morgan fingerprint density at radius 1 is 1.33 bits per heavy atom. The summed E-state index contributed by atoms with van der Waals surface area (Å²) in [6.45, 7) is 4.51. The second-order valence-corrected chi connectivity index (χ2v) is 7.09. The molecule has 0 bridgehead atoms. The highest BCUT2D eigenvalue weighted by molar-refractivity contribution is 6.31.